The molecule has 0 bridgehead atoms. The van der Waals surface area contributed by atoms with Gasteiger partial charge in [-0.2, -0.15) is 0 Å². The Morgan fingerprint density at radius 3 is 2.40 bits per heavy atom. The molecule has 0 aliphatic heterocycles. The third kappa shape index (κ3) is 2.78. The lowest BCUT2D eigenvalue weighted by molar-refractivity contribution is -0.152. The molecule has 3 fully saturated rings. The van der Waals surface area contributed by atoms with Crippen molar-refractivity contribution in [2.75, 3.05) is 6.61 Å². The summed E-state index contributed by atoms with van der Waals surface area (Å²) in [5, 5.41) is 4.04. The van der Waals surface area contributed by atoms with Gasteiger partial charge in [-0.25, -0.2) is 0 Å². The second-order valence-corrected chi connectivity index (χ2v) is 7.65. The van der Waals surface area contributed by atoms with Gasteiger partial charge in [-0.1, -0.05) is 26.2 Å². The standard InChI is InChI=1S/C18H33NO/c1-3-20-17-13-16(18(17)11-5-4-6-12-18)19-15-9-7-14(2)8-10-15/h14-17,19H,3-13H2,1-2H3. The van der Waals surface area contributed by atoms with Crippen molar-refractivity contribution in [3.05, 3.63) is 0 Å². The highest BCUT2D eigenvalue weighted by Crippen LogP contribution is 2.53. The molecule has 0 saturated heterocycles. The minimum Gasteiger partial charge on any atom is -0.378 e. The van der Waals surface area contributed by atoms with E-state index in [1.165, 1.54) is 64.2 Å². The van der Waals surface area contributed by atoms with Crippen molar-refractivity contribution in [2.24, 2.45) is 11.3 Å². The van der Waals surface area contributed by atoms with Crippen LogP contribution < -0.4 is 5.32 Å². The van der Waals surface area contributed by atoms with Gasteiger partial charge in [0.1, 0.15) is 0 Å². The van der Waals surface area contributed by atoms with Gasteiger partial charge < -0.3 is 10.1 Å². The van der Waals surface area contributed by atoms with Gasteiger partial charge in [-0.15, -0.1) is 0 Å². The van der Waals surface area contributed by atoms with E-state index < -0.39 is 0 Å². The van der Waals surface area contributed by atoms with Crippen LogP contribution in [0.5, 0.6) is 0 Å². The summed E-state index contributed by atoms with van der Waals surface area (Å²) in [6.07, 6.45) is 14.5. The molecule has 2 nitrogen and oxygen atoms in total. The fraction of sp³-hybridized carbons (Fsp3) is 1.00. The fourth-order valence-electron chi connectivity index (χ4n) is 5.01. The molecule has 0 aromatic carbocycles. The Balaban J connectivity index is 1.58. The molecule has 20 heavy (non-hydrogen) atoms. The number of hydrogen-bond acceptors (Lipinski definition) is 2. The fourth-order valence-corrected chi connectivity index (χ4v) is 5.01. The molecule has 116 valence electrons. The van der Waals surface area contributed by atoms with Crippen LogP contribution in [0.3, 0.4) is 0 Å². The largest absolute Gasteiger partial charge is 0.378 e. The zero-order valence-corrected chi connectivity index (χ0v) is 13.5. The molecule has 1 N–H and O–H groups in total. The molecule has 3 aliphatic rings. The monoisotopic (exact) mass is 279 g/mol. The molecule has 2 atom stereocenters. The predicted molar refractivity (Wildman–Crippen MR) is 83.9 cm³/mol. The molecule has 3 rings (SSSR count). The van der Waals surface area contributed by atoms with E-state index in [-0.39, 0.29) is 0 Å². The van der Waals surface area contributed by atoms with Crippen LogP contribution in [0.4, 0.5) is 0 Å². The molecule has 3 saturated carbocycles. The van der Waals surface area contributed by atoms with E-state index in [0.29, 0.717) is 11.5 Å². The van der Waals surface area contributed by atoms with Crippen molar-refractivity contribution in [1.82, 2.24) is 5.32 Å². The highest BCUT2D eigenvalue weighted by atomic mass is 16.5. The molecular formula is C18H33NO. The molecule has 0 amide bonds. The smallest absolute Gasteiger partial charge is 0.0661 e. The van der Waals surface area contributed by atoms with E-state index in [9.17, 15) is 0 Å². The summed E-state index contributed by atoms with van der Waals surface area (Å²) in [7, 11) is 0. The van der Waals surface area contributed by atoms with Crippen LogP contribution in [0.1, 0.15) is 78.1 Å². The molecule has 0 aromatic heterocycles. The Morgan fingerprint density at radius 1 is 1.05 bits per heavy atom. The van der Waals surface area contributed by atoms with Crippen molar-refractivity contribution >= 4 is 0 Å². The van der Waals surface area contributed by atoms with Gasteiger partial charge in [0.05, 0.1) is 6.10 Å². The first kappa shape index (κ1) is 14.8. The van der Waals surface area contributed by atoms with E-state index in [2.05, 4.69) is 19.2 Å². The van der Waals surface area contributed by atoms with Crippen molar-refractivity contribution in [3.8, 4) is 0 Å². The van der Waals surface area contributed by atoms with Crippen LogP contribution in [0.2, 0.25) is 0 Å². The van der Waals surface area contributed by atoms with E-state index in [4.69, 9.17) is 4.74 Å². The van der Waals surface area contributed by atoms with Gasteiger partial charge >= 0.3 is 0 Å². The van der Waals surface area contributed by atoms with Crippen molar-refractivity contribution in [3.63, 3.8) is 0 Å². The van der Waals surface area contributed by atoms with E-state index in [1.54, 1.807) is 0 Å². The number of rotatable bonds is 4. The molecule has 2 heteroatoms. The molecule has 0 aromatic rings. The second-order valence-electron chi connectivity index (χ2n) is 7.65. The Labute approximate surface area is 125 Å². The molecule has 3 aliphatic carbocycles. The zero-order valence-electron chi connectivity index (χ0n) is 13.5. The molecule has 0 radical (unpaired) electrons. The summed E-state index contributed by atoms with van der Waals surface area (Å²) in [6, 6.07) is 1.54. The number of nitrogens with one attached hydrogen (secondary N) is 1. The summed E-state index contributed by atoms with van der Waals surface area (Å²) in [6.45, 7) is 5.45. The third-order valence-corrected chi connectivity index (χ3v) is 6.39. The van der Waals surface area contributed by atoms with E-state index >= 15 is 0 Å². The van der Waals surface area contributed by atoms with Crippen molar-refractivity contribution in [1.29, 1.82) is 0 Å². The van der Waals surface area contributed by atoms with Gasteiger partial charge in [0.25, 0.3) is 0 Å². The summed E-state index contributed by atoms with van der Waals surface area (Å²) in [5.41, 5.74) is 0.497. The Hall–Kier alpha value is -0.0800. The number of hydrogen-bond donors (Lipinski definition) is 1. The Bertz CT molecular complexity index is 303. The quantitative estimate of drug-likeness (QED) is 0.829. The topological polar surface area (TPSA) is 21.3 Å². The van der Waals surface area contributed by atoms with Crippen molar-refractivity contribution < 1.29 is 4.74 Å². The maximum absolute atomic E-state index is 6.07. The van der Waals surface area contributed by atoms with Gasteiger partial charge in [0.15, 0.2) is 0 Å². The lowest BCUT2D eigenvalue weighted by atomic mass is 9.55. The van der Waals surface area contributed by atoms with Gasteiger partial charge in [0, 0.05) is 24.1 Å². The first-order valence-corrected chi connectivity index (χ1v) is 9.12. The average Bonchev–Trinajstić information content (AvgIpc) is 2.49. The van der Waals surface area contributed by atoms with Crippen LogP contribution in [0, 0.1) is 11.3 Å². The summed E-state index contributed by atoms with van der Waals surface area (Å²) >= 11 is 0. The molecule has 2 unspecified atom stereocenters. The van der Waals surface area contributed by atoms with Crippen LogP contribution in [0.15, 0.2) is 0 Å². The summed E-state index contributed by atoms with van der Waals surface area (Å²) < 4.78 is 6.07. The molecular weight excluding hydrogens is 246 g/mol. The Kier molecular flexibility index (Phi) is 4.72. The zero-order chi connectivity index (χ0) is 14.0. The summed E-state index contributed by atoms with van der Waals surface area (Å²) in [5.74, 6) is 0.953. The van der Waals surface area contributed by atoms with Crippen LogP contribution in [-0.2, 0) is 4.74 Å². The minimum atomic E-state index is 0.497. The minimum absolute atomic E-state index is 0.497. The number of ether oxygens (including phenoxy) is 1. The van der Waals surface area contributed by atoms with E-state index in [1.807, 2.05) is 0 Å². The maximum Gasteiger partial charge on any atom is 0.0661 e. The first-order chi connectivity index (χ1) is 9.74. The lowest BCUT2D eigenvalue weighted by Crippen LogP contribution is -2.66. The normalized spacial score (nSPS) is 40.5. The first-order valence-electron chi connectivity index (χ1n) is 9.12. The Morgan fingerprint density at radius 2 is 1.75 bits per heavy atom. The highest BCUT2D eigenvalue weighted by Gasteiger charge is 2.55. The summed E-state index contributed by atoms with van der Waals surface area (Å²) in [4.78, 5) is 0. The molecule has 1 spiro atoms. The van der Waals surface area contributed by atoms with Gasteiger partial charge in [0.2, 0.25) is 0 Å². The van der Waals surface area contributed by atoms with Crippen molar-refractivity contribution in [2.45, 2.75) is 96.2 Å². The molecule has 0 heterocycles. The third-order valence-electron chi connectivity index (χ3n) is 6.39. The van der Waals surface area contributed by atoms with Crippen LogP contribution in [-0.4, -0.2) is 24.8 Å². The van der Waals surface area contributed by atoms with Crippen LogP contribution >= 0.6 is 0 Å². The van der Waals surface area contributed by atoms with E-state index in [0.717, 1.165) is 24.6 Å². The van der Waals surface area contributed by atoms with Gasteiger partial charge in [-0.05, 0) is 57.8 Å². The van der Waals surface area contributed by atoms with Gasteiger partial charge in [-0.3, -0.25) is 0 Å². The predicted octanol–water partition coefficient (Wildman–Crippen LogP) is 4.28. The highest BCUT2D eigenvalue weighted by molar-refractivity contribution is 5.09. The second kappa shape index (κ2) is 6.36. The lowest BCUT2D eigenvalue weighted by Gasteiger charge is -2.59. The van der Waals surface area contributed by atoms with Crippen LogP contribution in [0.25, 0.3) is 0 Å². The maximum atomic E-state index is 6.07. The average molecular weight is 279 g/mol. The SMILES string of the molecule is CCOC1CC(NC2CCC(C)CC2)C12CCCCC2.